The van der Waals surface area contributed by atoms with Crippen LogP contribution < -0.4 is 0 Å². The molecule has 2 nitrogen and oxygen atoms in total. The molecule has 1 unspecified atom stereocenters. The van der Waals surface area contributed by atoms with Gasteiger partial charge in [0.05, 0.1) is 0 Å². The number of rotatable bonds is 10. The molecule has 0 fully saturated rings. The van der Waals surface area contributed by atoms with Gasteiger partial charge in [0.2, 0.25) is 0 Å². The summed E-state index contributed by atoms with van der Waals surface area (Å²) in [5, 5.41) is 4.48. The zero-order valence-electron chi connectivity index (χ0n) is 12.2. The highest BCUT2D eigenvalue weighted by Gasteiger charge is 2.06. The molecule has 0 aliphatic heterocycles. The van der Waals surface area contributed by atoms with E-state index in [0.29, 0.717) is 10.9 Å². The first-order valence-electron chi connectivity index (χ1n) is 7.56. The van der Waals surface area contributed by atoms with Crippen LogP contribution in [0.2, 0.25) is 5.02 Å². The summed E-state index contributed by atoms with van der Waals surface area (Å²) in [5.41, 5.74) is 0.747. The lowest BCUT2D eigenvalue weighted by molar-refractivity contribution is 0.418. The van der Waals surface area contributed by atoms with Crippen molar-refractivity contribution >= 4 is 17.7 Å². The van der Waals surface area contributed by atoms with Crippen LogP contribution in [-0.4, -0.2) is 5.16 Å². The summed E-state index contributed by atoms with van der Waals surface area (Å²) in [6.07, 6.45) is 16.1. The molecule has 3 heteroatoms. The summed E-state index contributed by atoms with van der Waals surface area (Å²) in [6, 6.07) is 0. The fraction of sp³-hybridized carbons (Fsp3) is 0.688. The van der Waals surface area contributed by atoms with Crippen LogP contribution in [0.25, 0.3) is 6.08 Å². The number of nitrogens with zero attached hydrogens (tertiary/aromatic N) is 1. The number of unbranched alkanes of at least 4 members (excludes halogenated alkanes) is 4. The van der Waals surface area contributed by atoms with E-state index in [9.17, 15) is 0 Å². The number of allylic oxidation sites excluding steroid dienone is 1. The molecular formula is C16H26ClNO. The second-order valence-electron chi connectivity index (χ2n) is 5.16. The van der Waals surface area contributed by atoms with E-state index in [1.165, 1.54) is 57.6 Å². The summed E-state index contributed by atoms with van der Waals surface area (Å²) >= 11 is 5.97. The molecule has 1 rings (SSSR count). The number of hydrogen-bond donors (Lipinski definition) is 0. The van der Waals surface area contributed by atoms with Crippen LogP contribution in [-0.2, 0) is 0 Å². The second kappa shape index (κ2) is 10.1. The quantitative estimate of drug-likeness (QED) is 0.484. The second-order valence-corrected chi connectivity index (χ2v) is 5.57. The molecule has 1 aromatic heterocycles. The minimum absolute atomic E-state index is 0.594. The number of hydrogen-bond acceptors (Lipinski definition) is 2. The van der Waals surface area contributed by atoms with Crippen LogP contribution in [0.1, 0.15) is 70.9 Å². The van der Waals surface area contributed by atoms with Gasteiger partial charge in [0.1, 0.15) is 17.0 Å². The van der Waals surface area contributed by atoms with Crippen molar-refractivity contribution in [3.63, 3.8) is 0 Å². The molecule has 1 aromatic rings. The smallest absolute Gasteiger partial charge is 0.143 e. The van der Waals surface area contributed by atoms with Gasteiger partial charge in [-0.1, -0.05) is 75.2 Å². The van der Waals surface area contributed by atoms with Crippen LogP contribution in [0.4, 0.5) is 0 Å². The Kier molecular flexibility index (Phi) is 8.64. The topological polar surface area (TPSA) is 26.0 Å². The SMILES string of the molecule is CCCCCCC(/C=C/c1nocc1Cl)CCCC. The van der Waals surface area contributed by atoms with Crippen molar-refractivity contribution in [2.45, 2.75) is 65.2 Å². The van der Waals surface area contributed by atoms with Gasteiger partial charge in [-0.15, -0.1) is 0 Å². The van der Waals surface area contributed by atoms with E-state index >= 15 is 0 Å². The molecule has 0 spiro atoms. The van der Waals surface area contributed by atoms with Crippen molar-refractivity contribution in [3.05, 3.63) is 23.1 Å². The van der Waals surface area contributed by atoms with Crippen molar-refractivity contribution in [1.29, 1.82) is 0 Å². The molecule has 0 amide bonds. The van der Waals surface area contributed by atoms with Gasteiger partial charge in [-0.3, -0.25) is 0 Å². The van der Waals surface area contributed by atoms with E-state index < -0.39 is 0 Å². The molecule has 1 atom stereocenters. The third-order valence-electron chi connectivity index (χ3n) is 3.44. The molecule has 108 valence electrons. The van der Waals surface area contributed by atoms with Crippen molar-refractivity contribution in [1.82, 2.24) is 5.16 Å². The van der Waals surface area contributed by atoms with Gasteiger partial charge >= 0.3 is 0 Å². The van der Waals surface area contributed by atoms with E-state index in [1.54, 1.807) is 0 Å². The average Bonchev–Trinajstić information content (AvgIpc) is 2.82. The molecule has 0 aliphatic carbocycles. The minimum atomic E-state index is 0.594. The van der Waals surface area contributed by atoms with E-state index in [4.69, 9.17) is 16.1 Å². The van der Waals surface area contributed by atoms with Gasteiger partial charge in [-0.25, -0.2) is 0 Å². The molecule has 0 saturated heterocycles. The molecule has 0 aliphatic rings. The predicted octanol–water partition coefficient (Wildman–Crippen LogP) is 6.12. The maximum Gasteiger partial charge on any atom is 0.143 e. The largest absolute Gasteiger partial charge is 0.363 e. The lowest BCUT2D eigenvalue weighted by Gasteiger charge is -2.11. The average molecular weight is 284 g/mol. The van der Waals surface area contributed by atoms with Crippen molar-refractivity contribution in [2.75, 3.05) is 0 Å². The highest BCUT2D eigenvalue weighted by Crippen LogP contribution is 2.21. The number of aromatic nitrogens is 1. The van der Waals surface area contributed by atoms with Gasteiger partial charge in [-0.2, -0.15) is 0 Å². The fourth-order valence-electron chi connectivity index (χ4n) is 2.21. The van der Waals surface area contributed by atoms with Crippen LogP contribution in [0.3, 0.4) is 0 Å². The highest BCUT2D eigenvalue weighted by atomic mass is 35.5. The Balaban J connectivity index is 2.44. The molecule has 0 radical (unpaired) electrons. The third-order valence-corrected chi connectivity index (χ3v) is 3.72. The van der Waals surface area contributed by atoms with Crippen molar-refractivity contribution in [2.24, 2.45) is 5.92 Å². The maximum absolute atomic E-state index is 5.97. The summed E-state index contributed by atoms with van der Waals surface area (Å²) in [5.74, 6) is 0.643. The normalized spacial score (nSPS) is 13.2. The van der Waals surface area contributed by atoms with Crippen LogP contribution in [0.5, 0.6) is 0 Å². The van der Waals surface area contributed by atoms with Gasteiger partial charge in [-0.05, 0) is 24.8 Å². The lowest BCUT2D eigenvalue weighted by Crippen LogP contribution is -1.97. The highest BCUT2D eigenvalue weighted by molar-refractivity contribution is 6.31. The van der Waals surface area contributed by atoms with Crippen molar-refractivity contribution in [3.8, 4) is 0 Å². The minimum Gasteiger partial charge on any atom is -0.363 e. The maximum atomic E-state index is 5.97. The molecule has 1 heterocycles. The van der Waals surface area contributed by atoms with Crippen LogP contribution in [0.15, 0.2) is 16.9 Å². The fourth-order valence-corrected chi connectivity index (χ4v) is 2.34. The zero-order chi connectivity index (χ0) is 13.9. The Morgan fingerprint density at radius 2 is 1.89 bits per heavy atom. The first-order chi connectivity index (χ1) is 9.27. The first kappa shape index (κ1) is 16.3. The summed E-state index contributed by atoms with van der Waals surface area (Å²) < 4.78 is 4.84. The Morgan fingerprint density at radius 1 is 1.16 bits per heavy atom. The van der Waals surface area contributed by atoms with Gasteiger partial charge in [0, 0.05) is 0 Å². The molecular weight excluding hydrogens is 258 g/mol. The molecule has 19 heavy (non-hydrogen) atoms. The number of halogens is 1. The molecule has 0 N–H and O–H groups in total. The molecule has 0 saturated carbocycles. The summed E-state index contributed by atoms with van der Waals surface area (Å²) in [6.45, 7) is 4.49. The Labute approximate surface area is 122 Å². The zero-order valence-corrected chi connectivity index (χ0v) is 13.0. The van der Waals surface area contributed by atoms with Crippen LogP contribution in [0, 0.1) is 5.92 Å². The Hall–Kier alpha value is -0.760. The first-order valence-corrected chi connectivity index (χ1v) is 7.93. The molecule has 0 aromatic carbocycles. The van der Waals surface area contributed by atoms with E-state index in [-0.39, 0.29) is 0 Å². The Bertz CT molecular complexity index is 359. The van der Waals surface area contributed by atoms with Gasteiger partial charge < -0.3 is 4.52 Å². The Morgan fingerprint density at radius 3 is 2.53 bits per heavy atom. The monoisotopic (exact) mass is 283 g/mol. The summed E-state index contributed by atoms with van der Waals surface area (Å²) in [7, 11) is 0. The molecule has 0 bridgehead atoms. The lowest BCUT2D eigenvalue weighted by atomic mass is 9.94. The third kappa shape index (κ3) is 6.81. The standard InChI is InChI=1S/C16H26ClNO/c1-3-5-7-8-10-14(9-6-4-2)11-12-16-15(17)13-19-18-16/h11-14H,3-10H2,1-2H3/b12-11+. The van der Waals surface area contributed by atoms with E-state index in [2.05, 4.69) is 25.1 Å². The van der Waals surface area contributed by atoms with Crippen molar-refractivity contribution < 1.29 is 4.52 Å². The predicted molar refractivity (Wildman–Crippen MR) is 82.3 cm³/mol. The van der Waals surface area contributed by atoms with Gasteiger partial charge in [0.25, 0.3) is 0 Å². The summed E-state index contributed by atoms with van der Waals surface area (Å²) in [4.78, 5) is 0. The van der Waals surface area contributed by atoms with Crippen LogP contribution >= 0.6 is 11.6 Å². The van der Waals surface area contributed by atoms with E-state index in [0.717, 1.165) is 5.69 Å². The van der Waals surface area contributed by atoms with E-state index in [1.807, 2.05) is 6.08 Å². The van der Waals surface area contributed by atoms with Gasteiger partial charge in [0.15, 0.2) is 0 Å².